The van der Waals surface area contributed by atoms with Gasteiger partial charge in [-0.1, -0.05) is 12.1 Å². The van der Waals surface area contributed by atoms with Crippen molar-refractivity contribution in [1.82, 2.24) is 14.2 Å². The molecule has 1 aliphatic heterocycles. The quantitative estimate of drug-likeness (QED) is 0.511. The highest BCUT2D eigenvalue weighted by atomic mass is 32.2. The number of sulfonamides is 1. The molecule has 10 heteroatoms. The van der Waals surface area contributed by atoms with Gasteiger partial charge in [-0.2, -0.15) is 4.31 Å². The zero-order valence-corrected chi connectivity index (χ0v) is 20.2. The summed E-state index contributed by atoms with van der Waals surface area (Å²) in [5.41, 5.74) is 1.05. The van der Waals surface area contributed by atoms with E-state index in [2.05, 4.69) is 9.88 Å². The van der Waals surface area contributed by atoms with E-state index in [9.17, 15) is 16.8 Å². The third-order valence-electron chi connectivity index (χ3n) is 5.73. The molecule has 0 atom stereocenters. The average Bonchev–Trinajstić information content (AvgIpc) is 2.79. The van der Waals surface area contributed by atoms with Crippen molar-refractivity contribution < 1.29 is 21.6 Å². The molecule has 1 aliphatic rings. The summed E-state index contributed by atoms with van der Waals surface area (Å²) in [6.45, 7) is 2.95. The summed E-state index contributed by atoms with van der Waals surface area (Å²) in [4.78, 5) is 6.68. The molecule has 0 bridgehead atoms. The number of benzene rings is 1. The Hall–Kier alpha value is -1.85. The number of piperidine rings is 1. The Bertz CT molecular complexity index is 1080. The number of aromatic nitrogens is 1. The molecule has 176 valence electrons. The topological polar surface area (TPSA) is 96.9 Å². The second kappa shape index (κ2) is 10.8. The van der Waals surface area contributed by atoms with E-state index in [1.807, 2.05) is 18.2 Å². The number of rotatable bonds is 10. The monoisotopic (exact) mass is 481 g/mol. The summed E-state index contributed by atoms with van der Waals surface area (Å²) >= 11 is 0. The van der Waals surface area contributed by atoms with Gasteiger partial charge in [-0.25, -0.2) is 16.8 Å². The maximum absolute atomic E-state index is 13.5. The normalized spacial score (nSPS) is 16.5. The predicted molar refractivity (Wildman–Crippen MR) is 123 cm³/mol. The lowest BCUT2D eigenvalue weighted by atomic mass is 10.0. The van der Waals surface area contributed by atoms with E-state index in [0.717, 1.165) is 38.0 Å². The molecular formula is C22H31N3O5S2. The maximum Gasteiger partial charge on any atom is 0.243 e. The highest BCUT2D eigenvalue weighted by Gasteiger charge is 2.34. The minimum absolute atomic E-state index is 0.00499. The molecule has 2 aromatic rings. The van der Waals surface area contributed by atoms with Gasteiger partial charge in [-0.15, -0.1) is 0 Å². The molecule has 3 rings (SSSR count). The molecule has 0 radical (unpaired) electrons. The number of hydrogen-bond donors (Lipinski definition) is 0. The number of hydrogen-bond acceptors (Lipinski definition) is 7. The van der Waals surface area contributed by atoms with Crippen LogP contribution in [0, 0.1) is 0 Å². The van der Waals surface area contributed by atoms with E-state index >= 15 is 0 Å². The van der Waals surface area contributed by atoms with Gasteiger partial charge in [-0.3, -0.25) is 4.98 Å². The lowest BCUT2D eigenvalue weighted by Gasteiger charge is -2.37. The first-order valence-corrected chi connectivity index (χ1v) is 14.0. The fraction of sp³-hybridized carbons (Fsp3) is 0.500. The van der Waals surface area contributed by atoms with Crippen LogP contribution in [0.1, 0.15) is 18.5 Å². The number of methoxy groups -OCH3 is 1. The highest BCUT2D eigenvalue weighted by Crippen LogP contribution is 2.26. The van der Waals surface area contributed by atoms with Crippen LogP contribution in [-0.2, 0) is 31.0 Å². The molecule has 2 heterocycles. The van der Waals surface area contributed by atoms with Crippen molar-refractivity contribution in [2.75, 3.05) is 46.2 Å². The molecule has 0 saturated carbocycles. The van der Waals surface area contributed by atoms with Crippen LogP contribution >= 0.6 is 0 Å². The largest absolute Gasteiger partial charge is 0.383 e. The zero-order chi connectivity index (χ0) is 23.2. The van der Waals surface area contributed by atoms with Crippen molar-refractivity contribution in [3.8, 4) is 0 Å². The van der Waals surface area contributed by atoms with Crippen LogP contribution in [0.4, 0.5) is 0 Å². The Kier molecular flexibility index (Phi) is 8.40. The minimum Gasteiger partial charge on any atom is -0.383 e. The summed E-state index contributed by atoms with van der Waals surface area (Å²) in [5, 5.41) is 0. The number of sulfone groups is 1. The van der Waals surface area contributed by atoms with Gasteiger partial charge in [-0.05, 0) is 56.3 Å². The fourth-order valence-corrected chi connectivity index (χ4v) is 6.39. The van der Waals surface area contributed by atoms with E-state index in [4.69, 9.17) is 4.74 Å². The van der Waals surface area contributed by atoms with Crippen molar-refractivity contribution >= 4 is 19.9 Å². The number of nitrogens with zero attached hydrogens (tertiary/aromatic N) is 3. The van der Waals surface area contributed by atoms with Crippen LogP contribution in [0.15, 0.2) is 58.5 Å². The maximum atomic E-state index is 13.5. The van der Waals surface area contributed by atoms with E-state index in [0.29, 0.717) is 12.8 Å². The second-order valence-electron chi connectivity index (χ2n) is 8.00. The van der Waals surface area contributed by atoms with Gasteiger partial charge < -0.3 is 9.64 Å². The molecule has 1 fully saturated rings. The van der Waals surface area contributed by atoms with Gasteiger partial charge in [0.05, 0.1) is 16.4 Å². The van der Waals surface area contributed by atoms with E-state index in [-0.39, 0.29) is 29.0 Å². The molecule has 1 aromatic carbocycles. The van der Waals surface area contributed by atoms with Crippen molar-refractivity contribution in [2.24, 2.45) is 0 Å². The van der Waals surface area contributed by atoms with E-state index < -0.39 is 19.9 Å². The van der Waals surface area contributed by atoms with Gasteiger partial charge in [0.2, 0.25) is 10.0 Å². The van der Waals surface area contributed by atoms with Crippen molar-refractivity contribution in [3.05, 3.63) is 54.4 Å². The van der Waals surface area contributed by atoms with Crippen LogP contribution in [0.5, 0.6) is 0 Å². The SMILES string of the molecule is COCCN(C1CCN(CCc2ccccn2)CC1)S(=O)(=O)c1cccc(S(C)(=O)=O)c1. The van der Waals surface area contributed by atoms with Crippen LogP contribution in [0.3, 0.4) is 0 Å². The second-order valence-corrected chi connectivity index (χ2v) is 11.9. The summed E-state index contributed by atoms with van der Waals surface area (Å²) in [6, 6.07) is 11.3. The fourth-order valence-electron chi connectivity index (χ4n) is 3.93. The molecule has 8 nitrogen and oxygen atoms in total. The Morgan fingerprint density at radius 1 is 1.06 bits per heavy atom. The molecule has 0 aliphatic carbocycles. The molecule has 0 spiro atoms. The molecule has 32 heavy (non-hydrogen) atoms. The predicted octanol–water partition coefficient (Wildman–Crippen LogP) is 1.83. The van der Waals surface area contributed by atoms with Crippen LogP contribution in [-0.4, -0.2) is 83.2 Å². The van der Waals surface area contributed by atoms with Crippen molar-refractivity contribution in [3.63, 3.8) is 0 Å². The molecule has 1 aromatic heterocycles. The van der Waals surface area contributed by atoms with Crippen LogP contribution in [0.2, 0.25) is 0 Å². The number of ether oxygens (including phenoxy) is 1. The lowest BCUT2D eigenvalue weighted by Crippen LogP contribution is -2.48. The Morgan fingerprint density at radius 3 is 2.41 bits per heavy atom. The Morgan fingerprint density at radius 2 is 1.78 bits per heavy atom. The van der Waals surface area contributed by atoms with Crippen molar-refractivity contribution in [2.45, 2.75) is 35.1 Å². The van der Waals surface area contributed by atoms with Gasteiger partial charge in [0.15, 0.2) is 9.84 Å². The van der Waals surface area contributed by atoms with Crippen LogP contribution < -0.4 is 0 Å². The first-order chi connectivity index (χ1) is 15.2. The molecule has 0 unspecified atom stereocenters. The highest BCUT2D eigenvalue weighted by molar-refractivity contribution is 7.91. The summed E-state index contributed by atoms with van der Waals surface area (Å²) in [7, 11) is -5.84. The summed E-state index contributed by atoms with van der Waals surface area (Å²) < 4.78 is 57.4. The van der Waals surface area contributed by atoms with Crippen LogP contribution in [0.25, 0.3) is 0 Å². The molecule has 0 amide bonds. The van der Waals surface area contributed by atoms with Gasteiger partial charge >= 0.3 is 0 Å². The number of pyridine rings is 1. The summed E-state index contributed by atoms with van der Waals surface area (Å²) in [5.74, 6) is 0. The van der Waals surface area contributed by atoms with Crippen molar-refractivity contribution in [1.29, 1.82) is 0 Å². The lowest BCUT2D eigenvalue weighted by molar-refractivity contribution is 0.128. The van der Waals surface area contributed by atoms with E-state index in [1.54, 1.807) is 6.20 Å². The van der Waals surface area contributed by atoms with Gasteiger partial charge in [0, 0.05) is 50.8 Å². The molecule has 0 N–H and O–H groups in total. The minimum atomic E-state index is -3.87. The first kappa shape index (κ1) is 24.8. The smallest absolute Gasteiger partial charge is 0.243 e. The van der Waals surface area contributed by atoms with Gasteiger partial charge in [0.1, 0.15) is 0 Å². The number of likely N-dealkylation sites (tertiary alicyclic amines) is 1. The Labute approximate surface area is 191 Å². The Balaban J connectivity index is 1.71. The first-order valence-electron chi connectivity index (χ1n) is 10.6. The van der Waals surface area contributed by atoms with E-state index in [1.165, 1.54) is 35.7 Å². The molecule has 1 saturated heterocycles. The zero-order valence-electron chi connectivity index (χ0n) is 18.6. The molecular weight excluding hydrogens is 450 g/mol. The third-order valence-corrected chi connectivity index (χ3v) is 8.79. The summed E-state index contributed by atoms with van der Waals surface area (Å²) in [6.07, 6.45) is 5.13. The standard InChI is InChI=1S/C22H31N3O5S2/c1-30-17-16-25(32(28,29)22-8-5-7-21(18-22)31(2,26)27)20-10-14-24(15-11-20)13-9-19-6-3-4-12-23-19/h3-8,12,18,20H,9-11,13-17H2,1-2H3. The van der Waals surface area contributed by atoms with Gasteiger partial charge in [0.25, 0.3) is 0 Å². The average molecular weight is 482 g/mol. The third kappa shape index (κ3) is 6.35.